The lowest BCUT2D eigenvalue weighted by molar-refractivity contribution is -0.141. The molecule has 2 atom stereocenters. The lowest BCUT2D eigenvalue weighted by Crippen LogP contribution is -2.46. The van der Waals surface area contributed by atoms with Crippen LogP contribution in [0.1, 0.15) is 19.3 Å². The molecule has 2 saturated heterocycles. The number of carboxylic acid groups (broad SMARTS) is 1. The predicted molar refractivity (Wildman–Crippen MR) is 66.9 cm³/mol. The van der Waals surface area contributed by atoms with Crippen molar-refractivity contribution in [3.63, 3.8) is 0 Å². The lowest BCUT2D eigenvalue weighted by Gasteiger charge is -2.26. The van der Waals surface area contributed by atoms with Gasteiger partial charge >= 0.3 is 5.97 Å². The van der Waals surface area contributed by atoms with Crippen molar-refractivity contribution in [2.24, 2.45) is 5.92 Å². The van der Waals surface area contributed by atoms with Crippen LogP contribution in [-0.4, -0.2) is 66.5 Å². The molecule has 2 heterocycles. The molecule has 2 fully saturated rings. The van der Waals surface area contributed by atoms with Gasteiger partial charge in [0.1, 0.15) is 6.04 Å². The lowest BCUT2D eigenvalue weighted by atomic mass is 10.1. The number of carbonyl (C=O) groups is 2. The van der Waals surface area contributed by atoms with Crippen molar-refractivity contribution in [1.82, 2.24) is 9.21 Å². The third-order valence-corrected chi connectivity index (χ3v) is 5.05. The van der Waals surface area contributed by atoms with Gasteiger partial charge < -0.3 is 10.0 Å². The van der Waals surface area contributed by atoms with Crippen LogP contribution in [-0.2, 0) is 19.6 Å². The molecular weight excluding hydrogens is 272 g/mol. The molecule has 2 aliphatic heterocycles. The van der Waals surface area contributed by atoms with Gasteiger partial charge in [-0.3, -0.25) is 9.59 Å². The number of nitrogens with zero attached hydrogens (tertiary/aromatic N) is 2. The second-order valence-corrected chi connectivity index (χ2v) is 7.07. The summed E-state index contributed by atoms with van der Waals surface area (Å²) in [5.41, 5.74) is 0. The molecule has 2 rings (SSSR count). The second-order valence-electron chi connectivity index (χ2n) is 5.14. The number of amides is 1. The van der Waals surface area contributed by atoms with Crippen LogP contribution in [0.4, 0.5) is 0 Å². The first-order valence-electron chi connectivity index (χ1n) is 6.29. The molecule has 0 bridgehead atoms. The molecule has 1 amide bonds. The van der Waals surface area contributed by atoms with E-state index in [2.05, 4.69) is 0 Å². The number of aliphatic carboxylic acids is 1. The first kappa shape index (κ1) is 14.3. The number of hydrogen-bond donors (Lipinski definition) is 1. The Bertz CT molecular complexity index is 489. The Balaban J connectivity index is 2.06. The minimum absolute atomic E-state index is 0.183. The Kier molecular flexibility index (Phi) is 3.82. The van der Waals surface area contributed by atoms with Gasteiger partial charge in [0.25, 0.3) is 0 Å². The predicted octanol–water partition coefficient (Wildman–Crippen LogP) is -0.656. The third-order valence-electron chi connectivity index (χ3n) is 3.76. The van der Waals surface area contributed by atoms with Crippen LogP contribution >= 0.6 is 0 Å². The molecule has 0 aromatic heterocycles. The van der Waals surface area contributed by atoms with Crippen LogP contribution < -0.4 is 0 Å². The van der Waals surface area contributed by atoms with Gasteiger partial charge in [0.2, 0.25) is 15.9 Å². The van der Waals surface area contributed by atoms with Gasteiger partial charge in [-0.25, -0.2) is 8.42 Å². The molecule has 0 unspecified atom stereocenters. The molecule has 8 heteroatoms. The van der Waals surface area contributed by atoms with E-state index in [1.165, 1.54) is 9.21 Å². The molecule has 0 radical (unpaired) electrons. The van der Waals surface area contributed by atoms with Gasteiger partial charge in [-0.05, 0) is 19.3 Å². The van der Waals surface area contributed by atoms with E-state index in [1.807, 2.05) is 0 Å². The second kappa shape index (κ2) is 5.09. The maximum absolute atomic E-state index is 12.3. The van der Waals surface area contributed by atoms with Gasteiger partial charge in [0.05, 0.1) is 12.2 Å². The number of sulfonamides is 1. The fourth-order valence-electron chi connectivity index (χ4n) is 2.76. The van der Waals surface area contributed by atoms with Gasteiger partial charge in [-0.2, -0.15) is 4.31 Å². The zero-order valence-electron chi connectivity index (χ0n) is 10.8. The quantitative estimate of drug-likeness (QED) is 0.745. The summed E-state index contributed by atoms with van der Waals surface area (Å²) >= 11 is 0. The molecule has 2 aliphatic rings. The van der Waals surface area contributed by atoms with Crippen LogP contribution in [0.5, 0.6) is 0 Å². The molecule has 0 saturated carbocycles. The summed E-state index contributed by atoms with van der Waals surface area (Å²) in [6, 6.07) is -0.650. The molecule has 0 spiro atoms. The van der Waals surface area contributed by atoms with Crippen LogP contribution in [0.3, 0.4) is 0 Å². The van der Waals surface area contributed by atoms with E-state index in [1.54, 1.807) is 0 Å². The van der Waals surface area contributed by atoms with E-state index in [0.29, 0.717) is 32.4 Å². The van der Waals surface area contributed by atoms with Crippen molar-refractivity contribution in [1.29, 1.82) is 0 Å². The first-order chi connectivity index (χ1) is 8.80. The highest BCUT2D eigenvalue weighted by Crippen LogP contribution is 2.25. The minimum Gasteiger partial charge on any atom is -0.481 e. The molecule has 1 N–H and O–H groups in total. The fraction of sp³-hybridized carbons (Fsp3) is 0.818. The summed E-state index contributed by atoms with van der Waals surface area (Å²) in [4.78, 5) is 24.6. The highest BCUT2D eigenvalue weighted by Gasteiger charge is 2.41. The van der Waals surface area contributed by atoms with Crippen LogP contribution in [0.25, 0.3) is 0 Å². The Hall–Kier alpha value is -1.15. The Morgan fingerprint density at radius 3 is 2.42 bits per heavy atom. The Morgan fingerprint density at radius 1 is 1.21 bits per heavy atom. The monoisotopic (exact) mass is 290 g/mol. The SMILES string of the molecule is CS(=O)(=O)N1CCC[C@@H]1C(=O)N1CC[C@H](C(=O)O)C1. The summed E-state index contributed by atoms with van der Waals surface area (Å²) in [6.45, 7) is 0.942. The van der Waals surface area contributed by atoms with Gasteiger partial charge in [0, 0.05) is 19.6 Å². The highest BCUT2D eigenvalue weighted by molar-refractivity contribution is 7.88. The van der Waals surface area contributed by atoms with Gasteiger partial charge in [0.15, 0.2) is 0 Å². The Labute approximate surface area is 112 Å². The van der Waals surface area contributed by atoms with Crippen molar-refractivity contribution < 1.29 is 23.1 Å². The number of likely N-dealkylation sites (tertiary alicyclic amines) is 1. The fourth-order valence-corrected chi connectivity index (χ4v) is 3.88. The number of hydrogen-bond acceptors (Lipinski definition) is 4. The summed E-state index contributed by atoms with van der Waals surface area (Å²) in [5, 5.41) is 8.92. The Morgan fingerprint density at radius 2 is 1.89 bits per heavy atom. The van der Waals surface area contributed by atoms with E-state index in [4.69, 9.17) is 5.11 Å². The van der Waals surface area contributed by atoms with Crippen molar-refractivity contribution in [3.8, 4) is 0 Å². The van der Waals surface area contributed by atoms with Crippen molar-refractivity contribution in [2.45, 2.75) is 25.3 Å². The van der Waals surface area contributed by atoms with E-state index < -0.39 is 28.0 Å². The zero-order chi connectivity index (χ0) is 14.2. The topological polar surface area (TPSA) is 95.0 Å². The third kappa shape index (κ3) is 2.89. The summed E-state index contributed by atoms with van der Waals surface area (Å²) in [6.07, 6.45) is 2.72. The van der Waals surface area contributed by atoms with E-state index in [0.717, 1.165) is 6.26 Å². The molecule has 0 aromatic carbocycles. The normalized spacial score (nSPS) is 28.8. The van der Waals surface area contributed by atoms with E-state index >= 15 is 0 Å². The largest absolute Gasteiger partial charge is 0.481 e. The van der Waals surface area contributed by atoms with Crippen LogP contribution in [0.2, 0.25) is 0 Å². The molecule has 108 valence electrons. The molecular formula is C11H18N2O5S. The average Bonchev–Trinajstić information content (AvgIpc) is 2.96. The van der Waals surface area contributed by atoms with Gasteiger partial charge in [-0.1, -0.05) is 0 Å². The van der Waals surface area contributed by atoms with E-state index in [-0.39, 0.29) is 12.5 Å². The van der Waals surface area contributed by atoms with E-state index in [9.17, 15) is 18.0 Å². The highest BCUT2D eigenvalue weighted by atomic mass is 32.2. The smallest absolute Gasteiger partial charge is 0.308 e. The number of rotatable bonds is 3. The molecule has 0 aromatic rings. The summed E-state index contributed by atoms with van der Waals surface area (Å²) < 4.78 is 24.4. The molecule has 7 nitrogen and oxygen atoms in total. The van der Waals surface area contributed by atoms with Crippen molar-refractivity contribution >= 4 is 21.9 Å². The maximum atomic E-state index is 12.3. The standard InChI is InChI=1S/C11H18N2O5S/c1-19(17,18)13-5-2-3-9(13)10(14)12-6-4-8(7-12)11(15)16/h8-9H,2-7H2,1H3,(H,15,16)/t8-,9+/m0/s1. The van der Waals surface area contributed by atoms with Crippen LogP contribution in [0.15, 0.2) is 0 Å². The number of carboxylic acids is 1. The minimum atomic E-state index is -3.39. The maximum Gasteiger partial charge on any atom is 0.308 e. The summed E-state index contributed by atoms with van der Waals surface area (Å²) in [5.74, 6) is -1.69. The zero-order valence-corrected chi connectivity index (χ0v) is 11.6. The molecule has 19 heavy (non-hydrogen) atoms. The van der Waals surface area contributed by atoms with Crippen LogP contribution in [0, 0.1) is 5.92 Å². The van der Waals surface area contributed by atoms with Crippen molar-refractivity contribution in [3.05, 3.63) is 0 Å². The van der Waals surface area contributed by atoms with Gasteiger partial charge in [-0.15, -0.1) is 0 Å². The number of carbonyl (C=O) groups excluding carboxylic acids is 1. The molecule has 0 aliphatic carbocycles. The first-order valence-corrected chi connectivity index (χ1v) is 8.14. The van der Waals surface area contributed by atoms with Crippen molar-refractivity contribution in [2.75, 3.05) is 25.9 Å². The average molecular weight is 290 g/mol. The summed E-state index contributed by atoms with van der Waals surface area (Å²) in [7, 11) is -3.39.